The standard InChI is InChI=1S/C15H21NO2/c1-11-9-12(15(16)5-2-3-6-15)10-13-14(11)18-8-4-7-17-13/h9-10H,2-8,16H2,1H3. The van der Waals surface area contributed by atoms with Crippen LogP contribution in [0.25, 0.3) is 0 Å². The molecule has 1 aliphatic carbocycles. The maximum atomic E-state index is 6.53. The van der Waals surface area contributed by atoms with Gasteiger partial charge in [0.05, 0.1) is 13.2 Å². The number of aryl methyl sites for hydroxylation is 1. The van der Waals surface area contributed by atoms with Crippen LogP contribution in [-0.2, 0) is 5.54 Å². The van der Waals surface area contributed by atoms with Crippen LogP contribution >= 0.6 is 0 Å². The topological polar surface area (TPSA) is 44.5 Å². The van der Waals surface area contributed by atoms with E-state index in [-0.39, 0.29) is 5.54 Å². The van der Waals surface area contributed by atoms with Crippen LogP contribution in [0.5, 0.6) is 11.5 Å². The van der Waals surface area contributed by atoms with Gasteiger partial charge < -0.3 is 15.2 Å². The summed E-state index contributed by atoms with van der Waals surface area (Å²) in [5.41, 5.74) is 8.72. The molecule has 1 fully saturated rings. The van der Waals surface area contributed by atoms with Gasteiger partial charge in [-0.1, -0.05) is 18.9 Å². The Balaban J connectivity index is 2.02. The smallest absolute Gasteiger partial charge is 0.164 e. The molecule has 3 nitrogen and oxygen atoms in total. The lowest BCUT2D eigenvalue weighted by atomic mass is 9.88. The van der Waals surface area contributed by atoms with Crippen molar-refractivity contribution in [3.63, 3.8) is 0 Å². The van der Waals surface area contributed by atoms with Crippen molar-refractivity contribution in [3.05, 3.63) is 23.3 Å². The number of rotatable bonds is 1. The number of hydrogen-bond donors (Lipinski definition) is 1. The molecule has 1 aliphatic heterocycles. The van der Waals surface area contributed by atoms with Gasteiger partial charge in [0.2, 0.25) is 0 Å². The highest BCUT2D eigenvalue weighted by atomic mass is 16.5. The van der Waals surface area contributed by atoms with Crippen molar-refractivity contribution in [3.8, 4) is 11.5 Å². The summed E-state index contributed by atoms with van der Waals surface area (Å²) in [6.07, 6.45) is 5.55. The quantitative estimate of drug-likeness (QED) is 0.830. The van der Waals surface area contributed by atoms with Crippen LogP contribution in [0.4, 0.5) is 0 Å². The van der Waals surface area contributed by atoms with Gasteiger partial charge in [-0.15, -0.1) is 0 Å². The lowest BCUT2D eigenvalue weighted by Gasteiger charge is -2.26. The molecule has 3 rings (SSSR count). The molecule has 2 aliphatic rings. The van der Waals surface area contributed by atoms with Crippen LogP contribution in [0.2, 0.25) is 0 Å². The molecular weight excluding hydrogens is 226 g/mol. The molecule has 98 valence electrons. The van der Waals surface area contributed by atoms with E-state index < -0.39 is 0 Å². The van der Waals surface area contributed by atoms with Crippen molar-refractivity contribution in [2.45, 2.75) is 44.6 Å². The summed E-state index contributed by atoms with van der Waals surface area (Å²) in [7, 11) is 0. The first-order valence-corrected chi connectivity index (χ1v) is 6.89. The first kappa shape index (κ1) is 11.8. The fourth-order valence-corrected chi connectivity index (χ4v) is 3.03. The third kappa shape index (κ3) is 1.97. The summed E-state index contributed by atoms with van der Waals surface area (Å²) < 4.78 is 11.6. The minimum Gasteiger partial charge on any atom is -0.490 e. The lowest BCUT2D eigenvalue weighted by molar-refractivity contribution is 0.296. The van der Waals surface area contributed by atoms with Crippen molar-refractivity contribution < 1.29 is 9.47 Å². The summed E-state index contributed by atoms with van der Waals surface area (Å²) in [6.45, 7) is 3.55. The maximum absolute atomic E-state index is 6.53. The van der Waals surface area contributed by atoms with Gasteiger partial charge in [-0.3, -0.25) is 0 Å². The van der Waals surface area contributed by atoms with Gasteiger partial charge in [0.15, 0.2) is 11.5 Å². The van der Waals surface area contributed by atoms with Crippen LogP contribution in [0.3, 0.4) is 0 Å². The summed E-state index contributed by atoms with van der Waals surface area (Å²) in [6, 6.07) is 4.28. The van der Waals surface area contributed by atoms with Crippen molar-refractivity contribution >= 4 is 0 Å². The second kappa shape index (κ2) is 4.47. The van der Waals surface area contributed by atoms with Crippen LogP contribution in [0.1, 0.15) is 43.2 Å². The Morgan fingerprint density at radius 2 is 1.78 bits per heavy atom. The highest BCUT2D eigenvalue weighted by Gasteiger charge is 2.32. The molecule has 0 spiro atoms. The minimum atomic E-state index is -0.157. The normalized spacial score (nSPS) is 21.7. The third-order valence-electron chi connectivity index (χ3n) is 4.10. The van der Waals surface area contributed by atoms with Crippen LogP contribution < -0.4 is 15.2 Å². The number of hydrogen-bond acceptors (Lipinski definition) is 3. The summed E-state index contributed by atoms with van der Waals surface area (Å²) in [5.74, 6) is 1.78. The summed E-state index contributed by atoms with van der Waals surface area (Å²) in [4.78, 5) is 0. The molecule has 0 saturated heterocycles. The van der Waals surface area contributed by atoms with Crippen molar-refractivity contribution in [2.24, 2.45) is 5.73 Å². The molecule has 1 saturated carbocycles. The third-order valence-corrected chi connectivity index (χ3v) is 4.10. The fourth-order valence-electron chi connectivity index (χ4n) is 3.03. The number of benzene rings is 1. The van der Waals surface area contributed by atoms with Gasteiger partial charge in [0.25, 0.3) is 0 Å². The van der Waals surface area contributed by atoms with Crippen LogP contribution in [0, 0.1) is 6.92 Å². The Labute approximate surface area is 108 Å². The van der Waals surface area contributed by atoms with Gasteiger partial charge >= 0.3 is 0 Å². The van der Waals surface area contributed by atoms with E-state index in [1.165, 1.54) is 18.4 Å². The summed E-state index contributed by atoms with van der Waals surface area (Å²) in [5, 5.41) is 0. The van der Waals surface area contributed by atoms with Gasteiger partial charge in [-0.25, -0.2) is 0 Å². The zero-order valence-electron chi connectivity index (χ0n) is 11.0. The molecule has 18 heavy (non-hydrogen) atoms. The van der Waals surface area contributed by atoms with E-state index in [9.17, 15) is 0 Å². The molecule has 0 unspecified atom stereocenters. The molecule has 1 aromatic carbocycles. The van der Waals surface area contributed by atoms with E-state index in [2.05, 4.69) is 19.1 Å². The molecular formula is C15H21NO2. The number of nitrogens with two attached hydrogens (primary N) is 1. The summed E-state index contributed by atoms with van der Waals surface area (Å²) >= 11 is 0. The Morgan fingerprint density at radius 3 is 2.56 bits per heavy atom. The molecule has 0 amide bonds. The van der Waals surface area contributed by atoms with Crippen molar-refractivity contribution in [2.75, 3.05) is 13.2 Å². The SMILES string of the molecule is Cc1cc(C2(N)CCCC2)cc2c1OCCCO2. The largest absolute Gasteiger partial charge is 0.490 e. The zero-order chi connectivity index (χ0) is 12.6. The molecule has 0 aromatic heterocycles. The fraction of sp³-hybridized carbons (Fsp3) is 0.600. The van der Waals surface area contributed by atoms with E-state index in [0.29, 0.717) is 0 Å². The molecule has 0 atom stereocenters. The Bertz CT molecular complexity index is 450. The molecule has 1 heterocycles. The number of fused-ring (bicyclic) bond motifs is 1. The first-order valence-electron chi connectivity index (χ1n) is 6.89. The molecule has 0 radical (unpaired) electrons. The molecule has 2 N–H and O–H groups in total. The second-order valence-corrected chi connectivity index (χ2v) is 5.53. The van der Waals surface area contributed by atoms with Gasteiger partial charge in [0.1, 0.15) is 0 Å². The van der Waals surface area contributed by atoms with Crippen molar-refractivity contribution in [1.29, 1.82) is 0 Å². The molecule has 1 aromatic rings. The van der Waals surface area contributed by atoms with Crippen molar-refractivity contribution in [1.82, 2.24) is 0 Å². The zero-order valence-corrected chi connectivity index (χ0v) is 11.0. The predicted molar refractivity (Wildman–Crippen MR) is 71.1 cm³/mol. The van der Waals surface area contributed by atoms with E-state index in [0.717, 1.165) is 49.5 Å². The predicted octanol–water partition coefficient (Wildman–Crippen LogP) is 2.88. The average molecular weight is 247 g/mol. The van der Waals surface area contributed by atoms with Gasteiger partial charge in [-0.05, 0) is 37.0 Å². The highest BCUT2D eigenvalue weighted by molar-refractivity contribution is 5.51. The van der Waals surface area contributed by atoms with Crippen LogP contribution in [0.15, 0.2) is 12.1 Å². The first-order chi connectivity index (χ1) is 8.69. The van der Waals surface area contributed by atoms with Gasteiger partial charge in [0, 0.05) is 12.0 Å². The Morgan fingerprint density at radius 1 is 1.06 bits per heavy atom. The highest BCUT2D eigenvalue weighted by Crippen LogP contribution is 2.42. The second-order valence-electron chi connectivity index (χ2n) is 5.53. The maximum Gasteiger partial charge on any atom is 0.164 e. The lowest BCUT2D eigenvalue weighted by Crippen LogP contribution is -2.33. The van der Waals surface area contributed by atoms with Gasteiger partial charge in [-0.2, -0.15) is 0 Å². The van der Waals surface area contributed by atoms with E-state index in [1.807, 2.05) is 0 Å². The Kier molecular flexibility index (Phi) is 2.94. The molecule has 0 bridgehead atoms. The van der Waals surface area contributed by atoms with E-state index in [1.54, 1.807) is 0 Å². The van der Waals surface area contributed by atoms with Crippen LogP contribution in [-0.4, -0.2) is 13.2 Å². The Hall–Kier alpha value is -1.22. The molecule has 3 heteroatoms. The number of ether oxygens (including phenoxy) is 2. The van der Waals surface area contributed by atoms with E-state index in [4.69, 9.17) is 15.2 Å². The average Bonchev–Trinajstić information content (AvgIpc) is 2.66. The monoisotopic (exact) mass is 247 g/mol. The van der Waals surface area contributed by atoms with E-state index >= 15 is 0 Å². The minimum absolute atomic E-state index is 0.157.